The lowest BCUT2D eigenvalue weighted by Gasteiger charge is -2.18. The van der Waals surface area contributed by atoms with Crippen molar-refractivity contribution in [1.29, 1.82) is 0 Å². The lowest BCUT2D eigenvalue weighted by molar-refractivity contribution is 0.674. The average Bonchev–Trinajstić information content (AvgIpc) is 2.45. The van der Waals surface area contributed by atoms with Crippen molar-refractivity contribution in [3.8, 4) is 0 Å². The summed E-state index contributed by atoms with van der Waals surface area (Å²) in [6.07, 6.45) is 3.12. The summed E-state index contributed by atoms with van der Waals surface area (Å²) in [6, 6.07) is 3.48. The minimum atomic E-state index is -0.358. The summed E-state index contributed by atoms with van der Waals surface area (Å²) in [5, 5.41) is 0.521. The molecule has 2 rings (SSSR count). The monoisotopic (exact) mass is 293 g/mol. The van der Waals surface area contributed by atoms with Gasteiger partial charge in [-0.3, -0.25) is 9.55 Å². The molecular formula is C13H16ClN5O. The molecule has 0 aliphatic heterocycles. The van der Waals surface area contributed by atoms with Crippen LogP contribution in [0.5, 0.6) is 0 Å². The van der Waals surface area contributed by atoms with E-state index in [0.29, 0.717) is 16.7 Å². The SMILES string of the molecule is CCN(CC)c1ncn(Cc2ncccc2Cl)c(=O)n1. The first-order valence-corrected chi connectivity index (χ1v) is 6.81. The van der Waals surface area contributed by atoms with E-state index in [4.69, 9.17) is 11.6 Å². The van der Waals surface area contributed by atoms with E-state index in [2.05, 4.69) is 15.0 Å². The summed E-state index contributed by atoms with van der Waals surface area (Å²) in [5.41, 5.74) is 0.263. The Morgan fingerprint density at radius 3 is 2.65 bits per heavy atom. The van der Waals surface area contributed by atoms with Gasteiger partial charge < -0.3 is 4.90 Å². The molecule has 0 saturated heterocycles. The number of pyridine rings is 1. The lowest BCUT2D eigenvalue weighted by atomic mass is 10.3. The van der Waals surface area contributed by atoms with Gasteiger partial charge in [0, 0.05) is 19.3 Å². The van der Waals surface area contributed by atoms with Gasteiger partial charge in [0.05, 0.1) is 17.3 Å². The second-order valence-electron chi connectivity index (χ2n) is 4.17. The Labute approximate surface area is 122 Å². The van der Waals surface area contributed by atoms with Gasteiger partial charge in [0.25, 0.3) is 0 Å². The molecule has 20 heavy (non-hydrogen) atoms. The van der Waals surface area contributed by atoms with Crippen molar-refractivity contribution in [3.63, 3.8) is 0 Å². The molecule has 0 aromatic carbocycles. The van der Waals surface area contributed by atoms with Crippen LogP contribution in [0.25, 0.3) is 0 Å². The van der Waals surface area contributed by atoms with Crippen LogP contribution in [-0.2, 0) is 6.54 Å². The van der Waals surface area contributed by atoms with Crippen LogP contribution < -0.4 is 10.6 Å². The van der Waals surface area contributed by atoms with Crippen LogP contribution in [0.15, 0.2) is 29.5 Å². The van der Waals surface area contributed by atoms with Gasteiger partial charge in [0.15, 0.2) is 0 Å². The van der Waals surface area contributed by atoms with E-state index >= 15 is 0 Å². The highest BCUT2D eigenvalue weighted by Gasteiger charge is 2.09. The quantitative estimate of drug-likeness (QED) is 0.837. The Balaban J connectivity index is 2.27. The number of aromatic nitrogens is 4. The van der Waals surface area contributed by atoms with Crippen molar-refractivity contribution in [2.75, 3.05) is 18.0 Å². The van der Waals surface area contributed by atoms with Crippen LogP contribution >= 0.6 is 11.6 Å². The van der Waals surface area contributed by atoms with E-state index in [1.54, 1.807) is 18.3 Å². The molecule has 2 aromatic heterocycles. The van der Waals surface area contributed by atoms with Gasteiger partial charge >= 0.3 is 5.69 Å². The molecule has 0 spiro atoms. The first-order valence-electron chi connectivity index (χ1n) is 6.43. The molecule has 0 aliphatic rings. The van der Waals surface area contributed by atoms with Gasteiger partial charge in [-0.1, -0.05) is 11.6 Å². The third-order valence-electron chi connectivity index (χ3n) is 2.96. The smallest absolute Gasteiger partial charge is 0.341 e. The van der Waals surface area contributed by atoms with Crippen LogP contribution in [0.2, 0.25) is 5.02 Å². The summed E-state index contributed by atoms with van der Waals surface area (Å²) >= 11 is 6.03. The van der Waals surface area contributed by atoms with Gasteiger partial charge in [-0.25, -0.2) is 9.78 Å². The van der Waals surface area contributed by atoms with Gasteiger partial charge in [0.1, 0.15) is 6.33 Å². The Bertz CT molecular complexity index is 639. The molecule has 0 saturated carbocycles. The molecule has 2 aromatic rings. The number of nitrogens with zero attached hydrogens (tertiary/aromatic N) is 5. The predicted octanol–water partition coefficient (Wildman–Crippen LogP) is 1.58. The first-order chi connectivity index (χ1) is 9.65. The van der Waals surface area contributed by atoms with Gasteiger partial charge in [-0.2, -0.15) is 4.98 Å². The van der Waals surface area contributed by atoms with Crippen LogP contribution in [-0.4, -0.2) is 32.6 Å². The third kappa shape index (κ3) is 3.14. The molecular weight excluding hydrogens is 278 g/mol. The molecule has 7 heteroatoms. The van der Waals surface area contributed by atoms with E-state index in [1.165, 1.54) is 10.9 Å². The number of hydrogen-bond acceptors (Lipinski definition) is 5. The highest BCUT2D eigenvalue weighted by atomic mass is 35.5. The number of rotatable bonds is 5. The standard InChI is InChI=1S/C13H16ClN5O/c1-3-18(4-2)12-16-9-19(13(20)17-12)8-11-10(14)6-5-7-15-11/h5-7,9H,3-4,8H2,1-2H3. The van der Waals surface area contributed by atoms with E-state index < -0.39 is 0 Å². The lowest BCUT2D eigenvalue weighted by Crippen LogP contribution is -2.31. The maximum Gasteiger partial charge on any atom is 0.352 e. The molecule has 2 heterocycles. The van der Waals surface area contributed by atoms with E-state index in [9.17, 15) is 4.79 Å². The largest absolute Gasteiger partial charge is 0.352 e. The Hall–Kier alpha value is -1.95. The summed E-state index contributed by atoms with van der Waals surface area (Å²) < 4.78 is 1.39. The summed E-state index contributed by atoms with van der Waals surface area (Å²) in [4.78, 5) is 26.3. The van der Waals surface area contributed by atoms with Crippen LogP contribution in [0.1, 0.15) is 19.5 Å². The molecule has 6 nitrogen and oxygen atoms in total. The number of halogens is 1. The Morgan fingerprint density at radius 2 is 2.05 bits per heavy atom. The maximum atomic E-state index is 12.0. The predicted molar refractivity (Wildman–Crippen MR) is 78.2 cm³/mol. The summed E-state index contributed by atoms with van der Waals surface area (Å²) in [6.45, 7) is 5.76. The Kier molecular flexibility index (Phi) is 4.68. The zero-order valence-electron chi connectivity index (χ0n) is 11.5. The minimum absolute atomic E-state index is 0.261. The highest BCUT2D eigenvalue weighted by Crippen LogP contribution is 2.12. The van der Waals surface area contributed by atoms with E-state index in [-0.39, 0.29) is 12.2 Å². The third-order valence-corrected chi connectivity index (χ3v) is 3.30. The van der Waals surface area contributed by atoms with Crippen LogP contribution in [0.4, 0.5) is 5.95 Å². The van der Waals surface area contributed by atoms with Gasteiger partial charge in [0.2, 0.25) is 5.95 Å². The van der Waals surface area contributed by atoms with Crippen molar-refractivity contribution in [2.45, 2.75) is 20.4 Å². The fourth-order valence-electron chi connectivity index (χ4n) is 1.81. The molecule has 0 unspecified atom stereocenters. The van der Waals surface area contributed by atoms with Crippen molar-refractivity contribution < 1.29 is 0 Å². The molecule has 0 atom stereocenters. The van der Waals surface area contributed by atoms with E-state index in [0.717, 1.165) is 13.1 Å². The highest BCUT2D eigenvalue weighted by molar-refractivity contribution is 6.31. The van der Waals surface area contributed by atoms with Crippen LogP contribution in [0, 0.1) is 0 Å². The first kappa shape index (κ1) is 14.5. The van der Waals surface area contributed by atoms with Crippen molar-refractivity contribution in [2.24, 2.45) is 0 Å². The van der Waals surface area contributed by atoms with Gasteiger partial charge in [-0.05, 0) is 26.0 Å². The topological polar surface area (TPSA) is 63.9 Å². The minimum Gasteiger partial charge on any atom is -0.341 e. The number of anilines is 1. The van der Waals surface area contributed by atoms with Crippen molar-refractivity contribution >= 4 is 17.5 Å². The molecule has 0 fully saturated rings. The second kappa shape index (κ2) is 6.47. The zero-order valence-corrected chi connectivity index (χ0v) is 12.2. The second-order valence-corrected chi connectivity index (χ2v) is 4.58. The molecule has 0 amide bonds. The molecule has 0 N–H and O–H groups in total. The molecule has 106 valence electrons. The fraction of sp³-hybridized carbons (Fsp3) is 0.385. The molecule has 0 radical (unpaired) electrons. The van der Waals surface area contributed by atoms with E-state index in [1.807, 2.05) is 18.7 Å². The summed E-state index contributed by atoms with van der Waals surface area (Å²) in [7, 11) is 0. The van der Waals surface area contributed by atoms with Gasteiger partial charge in [-0.15, -0.1) is 0 Å². The molecule has 0 aliphatic carbocycles. The average molecular weight is 294 g/mol. The molecule has 0 bridgehead atoms. The van der Waals surface area contributed by atoms with Crippen molar-refractivity contribution in [3.05, 3.63) is 45.9 Å². The fourth-order valence-corrected chi connectivity index (χ4v) is 1.99. The van der Waals surface area contributed by atoms with Crippen molar-refractivity contribution in [1.82, 2.24) is 19.5 Å². The van der Waals surface area contributed by atoms with Crippen LogP contribution in [0.3, 0.4) is 0 Å². The summed E-state index contributed by atoms with van der Waals surface area (Å²) in [5.74, 6) is 0.448. The normalized spacial score (nSPS) is 10.6. The maximum absolute atomic E-state index is 12.0. The number of hydrogen-bond donors (Lipinski definition) is 0. The Morgan fingerprint density at radius 1 is 1.30 bits per heavy atom. The zero-order chi connectivity index (χ0) is 14.5.